The third kappa shape index (κ3) is 2.42. The van der Waals surface area contributed by atoms with Crippen LogP contribution >= 0.6 is 12.6 Å². The molecule has 1 rings (SSSR count). The zero-order chi connectivity index (χ0) is 8.81. The molecule has 0 aromatic heterocycles. The van der Waals surface area contributed by atoms with Gasteiger partial charge in [-0.3, -0.25) is 0 Å². The predicted molar refractivity (Wildman–Crippen MR) is 58.7 cm³/mol. The lowest BCUT2D eigenvalue weighted by molar-refractivity contribution is 1.13. The van der Waals surface area contributed by atoms with E-state index in [9.17, 15) is 0 Å². The van der Waals surface area contributed by atoms with E-state index in [4.69, 9.17) is 0 Å². The van der Waals surface area contributed by atoms with Crippen LogP contribution in [0.3, 0.4) is 0 Å². The Morgan fingerprint density at radius 1 is 1.33 bits per heavy atom. The summed E-state index contributed by atoms with van der Waals surface area (Å²) in [7, 11) is 0. The third-order valence-corrected chi connectivity index (χ3v) is 2.05. The highest BCUT2D eigenvalue weighted by Gasteiger charge is 1.93. The molecule has 12 heavy (non-hydrogen) atoms. The molecule has 0 nitrogen and oxygen atoms in total. The summed E-state index contributed by atoms with van der Waals surface area (Å²) in [4.78, 5) is 0. The minimum atomic E-state index is 0.804. The van der Waals surface area contributed by atoms with E-state index >= 15 is 0 Å². The number of aryl methyl sites for hydroxylation is 1. The van der Waals surface area contributed by atoms with Gasteiger partial charge in [0, 0.05) is 5.75 Å². The molecule has 0 radical (unpaired) electrons. The van der Waals surface area contributed by atoms with E-state index in [2.05, 4.69) is 56.0 Å². The number of thiol groups is 1. The fourth-order valence-electron chi connectivity index (χ4n) is 1.20. The van der Waals surface area contributed by atoms with E-state index in [0.717, 1.165) is 12.2 Å². The van der Waals surface area contributed by atoms with E-state index in [1.807, 2.05) is 0 Å². The lowest BCUT2D eigenvalue weighted by Gasteiger charge is -2.00. The Balaban J connectivity index is 2.89. The van der Waals surface area contributed by atoms with Gasteiger partial charge in [-0.2, -0.15) is 12.6 Å². The van der Waals surface area contributed by atoms with Gasteiger partial charge in [0.05, 0.1) is 0 Å². The van der Waals surface area contributed by atoms with Crippen molar-refractivity contribution in [1.29, 1.82) is 0 Å². The zero-order valence-corrected chi connectivity index (χ0v) is 8.22. The van der Waals surface area contributed by atoms with E-state index < -0.39 is 0 Å². The van der Waals surface area contributed by atoms with Crippen molar-refractivity contribution in [3.63, 3.8) is 0 Å². The van der Waals surface area contributed by atoms with E-state index in [1.54, 1.807) is 0 Å². The highest BCUT2D eigenvalue weighted by molar-refractivity contribution is 7.80. The average Bonchev–Trinajstić information content (AvgIpc) is 2.15. The van der Waals surface area contributed by atoms with Crippen LogP contribution in [-0.2, 0) is 6.42 Å². The molecular formula is C11H14S. The molecule has 0 aliphatic rings. The molecule has 0 aliphatic heterocycles. The summed E-state index contributed by atoms with van der Waals surface area (Å²) < 4.78 is 0. The fraction of sp³-hybridized carbons (Fsp3) is 0.273. The number of benzene rings is 1. The molecule has 1 heteroatoms. The van der Waals surface area contributed by atoms with Crippen molar-refractivity contribution in [3.8, 4) is 0 Å². The number of rotatable bonds is 3. The molecule has 0 heterocycles. The topological polar surface area (TPSA) is 0 Å². The maximum atomic E-state index is 4.13. The summed E-state index contributed by atoms with van der Waals surface area (Å²) in [5, 5.41) is 0. The fourth-order valence-corrected chi connectivity index (χ4v) is 1.30. The van der Waals surface area contributed by atoms with Gasteiger partial charge in [0.1, 0.15) is 0 Å². The largest absolute Gasteiger partial charge is 0.175 e. The van der Waals surface area contributed by atoms with Crippen molar-refractivity contribution in [2.24, 2.45) is 0 Å². The molecule has 1 aromatic carbocycles. The maximum Gasteiger partial charge on any atom is 0.00858 e. The standard InChI is InChI=1S/C11H14S/c1-2-10-6-3-4-7-11(10)8-5-9-12/h3-8,12H,2,9H2,1H3. The van der Waals surface area contributed by atoms with Crippen LogP contribution in [0.2, 0.25) is 0 Å². The first kappa shape index (κ1) is 9.40. The Morgan fingerprint density at radius 2 is 2.08 bits per heavy atom. The van der Waals surface area contributed by atoms with Crippen LogP contribution in [0.5, 0.6) is 0 Å². The monoisotopic (exact) mass is 178 g/mol. The highest BCUT2D eigenvalue weighted by atomic mass is 32.1. The van der Waals surface area contributed by atoms with Crippen molar-refractivity contribution in [3.05, 3.63) is 41.5 Å². The molecule has 0 saturated heterocycles. The van der Waals surface area contributed by atoms with Crippen LogP contribution in [0.4, 0.5) is 0 Å². The summed E-state index contributed by atoms with van der Waals surface area (Å²) in [6, 6.07) is 8.45. The van der Waals surface area contributed by atoms with Crippen LogP contribution in [-0.4, -0.2) is 5.75 Å². The summed E-state index contributed by atoms with van der Waals surface area (Å²) in [6.45, 7) is 2.17. The Kier molecular flexibility index (Phi) is 3.95. The molecule has 0 spiro atoms. The second-order valence-corrected chi connectivity index (χ2v) is 3.00. The Labute approximate surface area is 79.7 Å². The molecule has 0 bridgehead atoms. The van der Waals surface area contributed by atoms with E-state index in [1.165, 1.54) is 11.1 Å². The molecule has 0 unspecified atom stereocenters. The van der Waals surface area contributed by atoms with Gasteiger partial charge in [0.2, 0.25) is 0 Å². The maximum absolute atomic E-state index is 4.13. The van der Waals surface area contributed by atoms with Gasteiger partial charge in [0.25, 0.3) is 0 Å². The van der Waals surface area contributed by atoms with Crippen molar-refractivity contribution in [2.45, 2.75) is 13.3 Å². The zero-order valence-electron chi connectivity index (χ0n) is 7.33. The van der Waals surface area contributed by atoms with Gasteiger partial charge in [-0.05, 0) is 17.5 Å². The van der Waals surface area contributed by atoms with Crippen LogP contribution in [0.25, 0.3) is 6.08 Å². The van der Waals surface area contributed by atoms with Crippen LogP contribution in [0, 0.1) is 0 Å². The minimum Gasteiger partial charge on any atom is -0.175 e. The summed E-state index contributed by atoms with van der Waals surface area (Å²) in [6.07, 6.45) is 5.29. The molecule has 0 atom stereocenters. The van der Waals surface area contributed by atoms with Gasteiger partial charge in [-0.1, -0.05) is 43.3 Å². The highest BCUT2D eigenvalue weighted by Crippen LogP contribution is 2.10. The number of hydrogen-bond acceptors (Lipinski definition) is 1. The smallest absolute Gasteiger partial charge is 0.00858 e. The van der Waals surface area contributed by atoms with Gasteiger partial charge in [-0.25, -0.2) is 0 Å². The van der Waals surface area contributed by atoms with E-state index in [-0.39, 0.29) is 0 Å². The first-order valence-corrected chi connectivity index (χ1v) is 4.87. The van der Waals surface area contributed by atoms with Gasteiger partial charge < -0.3 is 0 Å². The van der Waals surface area contributed by atoms with Crippen molar-refractivity contribution in [1.82, 2.24) is 0 Å². The van der Waals surface area contributed by atoms with E-state index in [0.29, 0.717) is 0 Å². The SMILES string of the molecule is CCc1ccccc1C=CCS. The van der Waals surface area contributed by atoms with Crippen molar-refractivity contribution < 1.29 is 0 Å². The lowest BCUT2D eigenvalue weighted by Crippen LogP contribution is -1.84. The third-order valence-electron chi connectivity index (χ3n) is 1.84. The molecular weight excluding hydrogens is 164 g/mol. The second kappa shape index (κ2) is 5.04. The molecule has 0 aliphatic carbocycles. The normalized spacial score (nSPS) is 10.8. The Morgan fingerprint density at radius 3 is 2.75 bits per heavy atom. The molecule has 64 valence electrons. The number of hydrogen-bond donors (Lipinski definition) is 1. The van der Waals surface area contributed by atoms with Crippen molar-refractivity contribution >= 4 is 18.7 Å². The molecule has 0 amide bonds. The van der Waals surface area contributed by atoms with Crippen molar-refractivity contribution in [2.75, 3.05) is 5.75 Å². The first-order chi connectivity index (χ1) is 5.88. The average molecular weight is 178 g/mol. The van der Waals surface area contributed by atoms with Gasteiger partial charge in [0.15, 0.2) is 0 Å². The van der Waals surface area contributed by atoms with Crippen LogP contribution in [0.15, 0.2) is 30.3 Å². The summed E-state index contributed by atoms with van der Waals surface area (Å²) in [5.41, 5.74) is 2.71. The molecule has 0 fully saturated rings. The Hall–Kier alpha value is -0.690. The van der Waals surface area contributed by atoms with Crippen LogP contribution < -0.4 is 0 Å². The molecule has 0 N–H and O–H groups in total. The summed E-state index contributed by atoms with van der Waals surface area (Å²) in [5.74, 6) is 0.804. The van der Waals surface area contributed by atoms with Gasteiger partial charge >= 0.3 is 0 Å². The summed E-state index contributed by atoms with van der Waals surface area (Å²) >= 11 is 4.13. The second-order valence-electron chi connectivity index (χ2n) is 2.64. The quantitative estimate of drug-likeness (QED) is 0.675. The van der Waals surface area contributed by atoms with Gasteiger partial charge in [-0.15, -0.1) is 0 Å². The first-order valence-electron chi connectivity index (χ1n) is 4.23. The van der Waals surface area contributed by atoms with Crippen LogP contribution in [0.1, 0.15) is 18.1 Å². The molecule has 0 saturated carbocycles. The molecule has 1 aromatic rings. The Bertz CT molecular complexity index is 263. The minimum absolute atomic E-state index is 0.804. The predicted octanol–water partition coefficient (Wildman–Crippen LogP) is 3.19. The lowest BCUT2D eigenvalue weighted by atomic mass is 10.1.